The summed E-state index contributed by atoms with van der Waals surface area (Å²) < 4.78 is 5.36. The third-order valence-corrected chi connectivity index (χ3v) is 4.51. The first-order valence-corrected chi connectivity index (χ1v) is 8.80. The van der Waals surface area contributed by atoms with E-state index >= 15 is 0 Å². The maximum Gasteiger partial charge on any atom is 0.274 e. The van der Waals surface area contributed by atoms with Crippen LogP contribution in [0.2, 0.25) is 0 Å². The highest BCUT2D eigenvalue weighted by molar-refractivity contribution is 5.94. The second-order valence-corrected chi connectivity index (χ2v) is 6.45. The van der Waals surface area contributed by atoms with Crippen LogP contribution in [0.3, 0.4) is 0 Å². The van der Waals surface area contributed by atoms with E-state index in [1.807, 2.05) is 36.4 Å². The van der Waals surface area contributed by atoms with Crippen LogP contribution < -0.4 is 0 Å². The smallest absolute Gasteiger partial charge is 0.274 e. The highest BCUT2D eigenvalue weighted by Crippen LogP contribution is 2.22. The lowest BCUT2D eigenvalue weighted by atomic mass is 10.1. The summed E-state index contributed by atoms with van der Waals surface area (Å²) in [5, 5.41) is 13.9. The Bertz CT molecular complexity index is 1130. The number of nitrogens with zero attached hydrogens (tertiary/aromatic N) is 4. The number of hydrogen-bond donors (Lipinski definition) is 1. The van der Waals surface area contributed by atoms with Gasteiger partial charge in [-0.1, -0.05) is 23.4 Å². The van der Waals surface area contributed by atoms with Gasteiger partial charge in [0.25, 0.3) is 11.8 Å². The molecule has 1 N–H and O–H groups in total. The van der Waals surface area contributed by atoms with Crippen molar-refractivity contribution < 1.29 is 9.32 Å². The monoisotopic (exact) mass is 371 g/mol. The number of rotatable bonds is 5. The van der Waals surface area contributed by atoms with Crippen LogP contribution in [0.1, 0.15) is 21.7 Å². The molecule has 2 heterocycles. The van der Waals surface area contributed by atoms with Crippen LogP contribution in [0.25, 0.3) is 22.5 Å². The topological polar surface area (TPSA) is 98.8 Å². The Morgan fingerprint density at radius 2 is 2.00 bits per heavy atom. The minimum Gasteiger partial charge on any atom is -0.351 e. The van der Waals surface area contributed by atoms with Crippen molar-refractivity contribution in [2.24, 2.45) is 0 Å². The lowest BCUT2D eigenvalue weighted by Gasteiger charge is -2.16. The summed E-state index contributed by atoms with van der Waals surface area (Å²) in [6.45, 7) is 0.449. The van der Waals surface area contributed by atoms with Crippen LogP contribution >= 0.6 is 0 Å². The molecule has 0 unspecified atom stereocenters. The predicted molar refractivity (Wildman–Crippen MR) is 103 cm³/mol. The van der Waals surface area contributed by atoms with Crippen molar-refractivity contribution in [2.45, 2.75) is 6.42 Å². The zero-order valence-corrected chi connectivity index (χ0v) is 15.2. The number of aromatic amines is 1. The number of nitriles is 1. The molecule has 0 aliphatic carbocycles. The zero-order valence-electron chi connectivity index (χ0n) is 15.2. The Labute approximate surface area is 161 Å². The normalized spacial score (nSPS) is 10.7. The molecule has 4 rings (SSSR count). The number of aromatic nitrogens is 3. The van der Waals surface area contributed by atoms with Crippen molar-refractivity contribution in [1.29, 1.82) is 5.26 Å². The fourth-order valence-corrected chi connectivity index (χ4v) is 2.93. The Kier molecular flexibility index (Phi) is 4.60. The third kappa shape index (κ3) is 3.48. The lowest BCUT2D eigenvalue weighted by molar-refractivity contribution is 0.0796. The van der Waals surface area contributed by atoms with Gasteiger partial charge in [0.2, 0.25) is 0 Å². The van der Waals surface area contributed by atoms with Gasteiger partial charge >= 0.3 is 0 Å². The lowest BCUT2D eigenvalue weighted by Crippen LogP contribution is -2.29. The highest BCUT2D eigenvalue weighted by Gasteiger charge is 2.15. The summed E-state index contributed by atoms with van der Waals surface area (Å²) in [5.41, 5.74) is 2.83. The van der Waals surface area contributed by atoms with Gasteiger partial charge in [-0.05, 0) is 36.4 Å². The van der Waals surface area contributed by atoms with Crippen LogP contribution in [-0.4, -0.2) is 39.5 Å². The van der Waals surface area contributed by atoms with Crippen LogP contribution in [-0.2, 0) is 6.42 Å². The van der Waals surface area contributed by atoms with Crippen molar-refractivity contribution in [2.75, 3.05) is 13.6 Å². The largest absolute Gasteiger partial charge is 0.351 e. The van der Waals surface area contributed by atoms with E-state index < -0.39 is 0 Å². The van der Waals surface area contributed by atoms with E-state index in [4.69, 9.17) is 9.78 Å². The molecule has 1 amide bonds. The number of hydrogen-bond acceptors (Lipinski definition) is 5. The Morgan fingerprint density at radius 3 is 2.75 bits per heavy atom. The SMILES string of the molecule is CN(CCc1noc(-c2cc3ccccc3[nH]2)n1)C(=O)c1ccc(C#N)cc1. The first-order chi connectivity index (χ1) is 13.6. The van der Waals surface area contributed by atoms with Gasteiger partial charge in [-0.3, -0.25) is 4.79 Å². The molecule has 0 aliphatic heterocycles. The molecule has 7 heteroatoms. The minimum atomic E-state index is -0.121. The van der Waals surface area contributed by atoms with Gasteiger partial charge in [0, 0.05) is 36.5 Å². The average molecular weight is 371 g/mol. The molecule has 28 heavy (non-hydrogen) atoms. The number of carbonyl (C=O) groups is 1. The van der Waals surface area contributed by atoms with E-state index in [1.165, 1.54) is 0 Å². The summed E-state index contributed by atoms with van der Waals surface area (Å²) in [6.07, 6.45) is 0.474. The average Bonchev–Trinajstić information content (AvgIpc) is 3.38. The molecule has 0 atom stereocenters. The van der Waals surface area contributed by atoms with E-state index in [2.05, 4.69) is 15.1 Å². The first kappa shape index (κ1) is 17.5. The van der Waals surface area contributed by atoms with Crippen molar-refractivity contribution in [3.8, 4) is 17.7 Å². The fraction of sp³-hybridized carbons (Fsp3) is 0.143. The molecular weight excluding hydrogens is 354 g/mol. The number of nitrogens with one attached hydrogen (secondary N) is 1. The summed E-state index contributed by atoms with van der Waals surface area (Å²) in [7, 11) is 1.72. The molecule has 0 saturated heterocycles. The summed E-state index contributed by atoms with van der Waals surface area (Å²) in [5.74, 6) is 0.837. The van der Waals surface area contributed by atoms with Crippen molar-refractivity contribution in [3.63, 3.8) is 0 Å². The molecule has 138 valence electrons. The van der Waals surface area contributed by atoms with Gasteiger partial charge in [-0.25, -0.2) is 0 Å². The quantitative estimate of drug-likeness (QED) is 0.580. The summed E-state index contributed by atoms with van der Waals surface area (Å²) >= 11 is 0. The van der Waals surface area contributed by atoms with Crippen LogP contribution in [0, 0.1) is 11.3 Å². The molecule has 0 saturated carbocycles. The fourth-order valence-electron chi connectivity index (χ4n) is 2.93. The summed E-state index contributed by atoms with van der Waals surface area (Å²) in [4.78, 5) is 21.7. The number of benzene rings is 2. The first-order valence-electron chi connectivity index (χ1n) is 8.80. The molecule has 0 bridgehead atoms. The number of amides is 1. The molecule has 2 aromatic carbocycles. The molecule has 0 spiro atoms. The summed E-state index contributed by atoms with van der Waals surface area (Å²) in [6, 6.07) is 18.5. The van der Waals surface area contributed by atoms with E-state index in [1.54, 1.807) is 36.2 Å². The van der Waals surface area contributed by atoms with Crippen LogP contribution in [0.5, 0.6) is 0 Å². The second kappa shape index (κ2) is 7.37. The highest BCUT2D eigenvalue weighted by atomic mass is 16.5. The molecule has 0 aliphatic rings. The maximum atomic E-state index is 12.5. The molecule has 7 nitrogen and oxygen atoms in total. The number of H-pyrrole nitrogens is 1. The molecule has 4 aromatic rings. The predicted octanol–water partition coefficient (Wildman–Crippen LogP) is 3.40. The minimum absolute atomic E-state index is 0.121. The molecule has 2 aromatic heterocycles. The molecule has 0 fully saturated rings. The van der Waals surface area contributed by atoms with E-state index in [9.17, 15) is 4.79 Å². The van der Waals surface area contributed by atoms with Crippen molar-refractivity contribution in [3.05, 3.63) is 71.5 Å². The van der Waals surface area contributed by atoms with Crippen molar-refractivity contribution in [1.82, 2.24) is 20.0 Å². The standard InChI is InChI=1S/C21H17N5O2/c1-26(21(27)15-8-6-14(13-22)7-9-15)11-10-19-24-20(28-25-19)18-12-16-4-2-3-5-17(16)23-18/h2-9,12,23H,10-11H2,1H3. The number of carbonyl (C=O) groups excluding carboxylic acids is 1. The van der Waals surface area contributed by atoms with E-state index in [0.29, 0.717) is 35.8 Å². The Morgan fingerprint density at radius 1 is 1.21 bits per heavy atom. The van der Waals surface area contributed by atoms with Gasteiger partial charge in [0.05, 0.1) is 11.6 Å². The number of fused-ring (bicyclic) bond motifs is 1. The van der Waals surface area contributed by atoms with Gasteiger partial charge in [-0.15, -0.1) is 0 Å². The maximum absolute atomic E-state index is 12.5. The van der Waals surface area contributed by atoms with Crippen molar-refractivity contribution >= 4 is 16.8 Å². The number of likely N-dealkylation sites (N-methyl/N-ethyl adjacent to an activating group) is 1. The molecule has 0 radical (unpaired) electrons. The second-order valence-electron chi connectivity index (χ2n) is 6.45. The van der Waals surface area contributed by atoms with Gasteiger partial charge < -0.3 is 14.4 Å². The number of para-hydroxylation sites is 1. The third-order valence-electron chi connectivity index (χ3n) is 4.51. The Balaban J connectivity index is 1.41. The molecular formula is C21H17N5O2. The van der Waals surface area contributed by atoms with Gasteiger partial charge in [0.1, 0.15) is 5.69 Å². The van der Waals surface area contributed by atoms with E-state index in [-0.39, 0.29) is 5.91 Å². The Hall–Kier alpha value is -3.92. The van der Waals surface area contributed by atoms with Gasteiger partial charge in [-0.2, -0.15) is 10.2 Å². The zero-order chi connectivity index (χ0) is 19.5. The van der Waals surface area contributed by atoms with Crippen LogP contribution in [0.4, 0.5) is 0 Å². The van der Waals surface area contributed by atoms with Gasteiger partial charge in [0.15, 0.2) is 5.82 Å². The van der Waals surface area contributed by atoms with Crippen LogP contribution in [0.15, 0.2) is 59.1 Å². The van der Waals surface area contributed by atoms with E-state index in [0.717, 1.165) is 16.6 Å².